The van der Waals surface area contributed by atoms with Gasteiger partial charge >= 0.3 is 103 Å². The maximum atomic E-state index is 0. The summed E-state index contributed by atoms with van der Waals surface area (Å²) < 4.78 is 0. The summed E-state index contributed by atoms with van der Waals surface area (Å²) in [5.74, 6) is 0. The van der Waals surface area contributed by atoms with Crippen molar-refractivity contribution in [3.05, 3.63) is 0 Å². The van der Waals surface area contributed by atoms with Crippen molar-refractivity contribution in [1.82, 2.24) is 0 Å². The van der Waals surface area contributed by atoms with Gasteiger partial charge in [-0.25, -0.2) is 0 Å². The summed E-state index contributed by atoms with van der Waals surface area (Å²) in [5.41, 5.74) is 0. The van der Waals surface area contributed by atoms with Gasteiger partial charge in [0.05, 0.1) is 0 Å². The fourth-order valence-electron chi connectivity index (χ4n) is 0. The van der Waals surface area contributed by atoms with Crippen LogP contribution in [0.2, 0.25) is 0 Å². The summed E-state index contributed by atoms with van der Waals surface area (Å²) in [6.45, 7) is 0. The van der Waals surface area contributed by atoms with Crippen molar-refractivity contribution in [3.8, 4) is 0 Å². The molecular formula is H8K2O4Os+2. The van der Waals surface area contributed by atoms with E-state index < -0.39 is 0 Å². The van der Waals surface area contributed by atoms with Crippen molar-refractivity contribution >= 4 is 0 Å². The van der Waals surface area contributed by atoms with E-state index in [1.54, 1.807) is 0 Å². The minimum atomic E-state index is 0. The van der Waals surface area contributed by atoms with Gasteiger partial charge in [0.25, 0.3) is 0 Å². The van der Waals surface area contributed by atoms with Gasteiger partial charge in [0.15, 0.2) is 0 Å². The molecule has 0 heterocycles. The van der Waals surface area contributed by atoms with Crippen LogP contribution < -0.4 is 103 Å². The van der Waals surface area contributed by atoms with Crippen molar-refractivity contribution in [1.29, 1.82) is 0 Å². The monoisotopic (exact) mass is 342 g/mol. The zero-order valence-electron chi connectivity index (χ0n) is 4.35. The Morgan fingerprint density at radius 1 is 0.429 bits per heavy atom. The molecule has 0 aromatic carbocycles. The molecule has 4 nitrogen and oxygen atoms in total. The second-order valence-electron chi connectivity index (χ2n) is 0. The van der Waals surface area contributed by atoms with Crippen molar-refractivity contribution in [2.75, 3.05) is 0 Å². The molecule has 0 aliphatic carbocycles. The van der Waals surface area contributed by atoms with Crippen LogP contribution in [-0.4, -0.2) is 21.9 Å². The number of rotatable bonds is 0. The molecular weight excluding hydrogens is 332 g/mol. The zero-order chi connectivity index (χ0) is 0. The second kappa shape index (κ2) is 53.1. The zero-order valence-corrected chi connectivity index (χ0v) is 13.1. The van der Waals surface area contributed by atoms with Gasteiger partial charge in [-0.2, -0.15) is 0 Å². The quantitative estimate of drug-likeness (QED) is 0.388. The molecule has 7 heavy (non-hydrogen) atoms. The smallest absolute Gasteiger partial charge is 0.412 e. The molecule has 0 atom stereocenters. The Kier molecular flexibility index (Phi) is 551. The van der Waals surface area contributed by atoms with Gasteiger partial charge in [-0.05, 0) is 0 Å². The molecule has 0 radical (unpaired) electrons. The van der Waals surface area contributed by atoms with Crippen LogP contribution in [-0.2, 0) is 19.8 Å². The van der Waals surface area contributed by atoms with Crippen molar-refractivity contribution < 1.29 is 144 Å². The molecule has 8 N–H and O–H groups in total. The molecule has 0 amide bonds. The summed E-state index contributed by atoms with van der Waals surface area (Å²) in [6, 6.07) is 0. The molecule has 0 saturated carbocycles. The van der Waals surface area contributed by atoms with E-state index in [0.29, 0.717) is 0 Å². The normalized spacial score (nSPS) is 0. The van der Waals surface area contributed by atoms with Gasteiger partial charge in [0, 0.05) is 19.8 Å². The van der Waals surface area contributed by atoms with Crippen LogP contribution in [0.15, 0.2) is 0 Å². The Hall–Kier alpha value is 3.75. The van der Waals surface area contributed by atoms with E-state index in [2.05, 4.69) is 0 Å². The predicted octanol–water partition coefficient (Wildman–Crippen LogP) is -9.29. The maximum absolute atomic E-state index is 0. The first-order valence-electron chi connectivity index (χ1n) is 0. The SMILES string of the molecule is O.O.O.O.[K+].[K+].[Os]. The first-order valence-corrected chi connectivity index (χ1v) is 0. The summed E-state index contributed by atoms with van der Waals surface area (Å²) >= 11 is 0. The molecule has 0 spiro atoms. The van der Waals surface area contributed by atoms with E-state index in [-0.39, 0.29) is 144 Å². The Balaban J connectivity index is 0. The summed E-state index contributed by atoms with van der Waals surface area (Å²) in [5, 5.41) is 0. The molecule has 0 bridgehead atoms. The fraction of sp³-hybridized carbons (Fsp3) is 0. The Morgan fingerprint density at radius 2 is 0.429 bits per heavy atom. The van der Waals surface area contributed by atoms with Gasteiger partial charge < -0.3 is 21.9 Å². The first kappa shape index (κ1) is 72.7. The molecule has 40 valence electrons. The van der Waals surface area contributed by atoms with Crippen LogP contribution in [0.3, 0.4) is 0 Å². The van der Waals surface area contributed by atoms with Crippen LogP contribution >= 0.6 is 0 Å². The Bertz CT molecular complexity index is 9.65. The molecule has 0 aliphatic heterocycles. The van der Waals surface area contributed by atoms with Gasteiger partial charge in [-0.1, -0.05) is 0 Å². The second-order valence-corrected chi connectivity index (χ2v) is 0. The molecule has 0 aliphatic rings. The van der Waals surface area contributed by atoms with E-state index in [1.165, 1.54) is 0 Å². The van der Waals surface area contributed by atoms with Gasteiger partial charge in [0.2, 0.25) is 0 Å². The van der Waals surface area contributed by atoms with Crippen LogP contribution in [0.4, 0.5) is 0 Å². The molecule has 0 aromatic rings. The third-order valence-electron chi connectivity index (χ3n) is 0. The third kappa shape index (κ3) is 41.6. The largest absolute Gasteiger partial charge is 1.00 e. The number of hydrogen-bond acceptors (Lipinski definition) is 0. The molecule has 0 aromatic heterocycles. The van der Waals surface area contributed by atoms with E-state index in [0.717, 1.165) is 0 Å². The standard InChI is InChI=1S/2K.4H2O.Os/h;;4*1H2;/q2*+1;;;;;. The number of hydrogen-bond donors (Lipinski definition) is 0. The summed E-state index contributed by atoms with van der Waals surface area (Å²) in [6.07, 6.45) is 0. The van der Waals surface area contributed by atoms with Gasteiger partial charge in [0.1, 0.15) is 0 Å². The topological polar surface area (TPSA) is 126 Å². The molecule has 0 unspecified atom stereocenters. The van der Waals surface area contributed by atoms with Crippen molar-refractivity contribution in [2.24, 2.45) is 0 Å². The van der Waals surface area contributed by atoms with Crippen LogP contribution in [0.25, 0.3) is 0 Å². The maximum Gasteiger partial charge on any atom is 1.00 e. The van der Waals surface area contributed by atoms with Crippen LogP contribution in [0, 0.1) is 0 Å². The predicted molar refractivity (Wildman–Crippen MR) is 14.5 cm³/mol. The van der Waals surface area contributed by atoms with Crippen LogP contribution in [0.1, 0.15) is 0 Å². The fourth-order valence-corrected chi connectivity index (χ4v) is 0. The Morgan fingerprint density at radius 3 is 0.429 bits per heavy atom. The van der Waals surface area contributed by atoms with E-state index in [4.69, 9.17) is 0 Å². The summed E-state index contributed by atoms with van der Waals surface area (Å²) in [4.78, 5) is 0. The average Bonchev–Trinajstić information content (AvgIpc) is 0. The third-order valence-corrected chi connectivity index (χ3v) is 0. The van der Waals surface area contributed by atoms with Crippen molar-refractivity contribution in [2.45, 2.75) is 0 Å². The Labute approximate surface area is 140 Å². The van der Waals surface area contributed by atoms with E-state index >= 15 is 0 Å². The van der Waals surface area contributed by atoms with Gasteiger partial charge in [-0.3, -0.25) is 0 Å². The van der Waals surface area contributed by atoms with E-state index in [1.807, 2.05) is 0 Å². The molecule has 7 heteroatoms. The van der Waals surface area contributed by atoms with Crippen molar-refractivity contribution in [3.63, 3.8) is 0 Å². The van der Waals surface area contributed by atoms with Crippen LogP contribution in [0.5, 0.6) is 0 Å². The minimum Gasteiger partial charge on any atom is -0.412 e. The van der Waals surface area contributed by atoms with Gasteiger partial charge in [-0.15, -0.1) is 0 Å². The van der Waals surface area contributed by atoms with E-state index in [9.17, 15) is 0 Å². The average molecular weight is 340 g/mol. The first-order chi connectivity index (χ1) is 0. The minimum absolute atomic E-state index is 0. The molecule has 0 rings (SSSR count). The molecule has 0 fully saturated rings. The summed E-state index contributed by atoms with van der Waals surface area (Å²) in [7, 11) is 0. The molecule has 0 saturated heterocycles.